The molecule has 4 nitrogen and oxygen atoms in total. The first-order valence-corrected chi connectivity index (χ1v) is 5.21. The minimum atomic E-state index is -1.03. The largest absolute Gasteiger partial charge is 0.478 e. The molecule has 2 aromatic rings. The molecule has 1 heterocycles. The molecule has 0 bridgehead atoms. The Balaban J connectivity index is 2.56. The van der Waals surface area contributed by atoms with Crippen LogP contribution in [0.5, 0.6) is 0 Å². The number of benzene rings is 1. The van der Waals surface area contributed by atoms with Gasteiger partial charge in [-0.1, -0.05) is 18.2 Å². The second-order valence-corrected chi connectivity index (χ2v) is 3.78. The molecule has 1 aromatic heterocycles. The number of aromatic carboxylic acids is 1. The maximum Gasteiger partial charge on any atom is 0.339 e. The van der Waals surface area contributed by atoms with Crippen LogP contribution >= 0.6 is 11.6 Å². The van der Waals surface area contributed by atoms with Crippen molar-refractivity contribution in [3.8, 4) is 5.69 Å². The molecule has 86 valence electrons. The van der Waals surface area contributed by atoms with Gasteiger partial charge in [0.25, 0.3) is 0 Å². The number of carbonyl (C=O) groups is 1. The summed E-state index contributed by atoms with van der Waals surface area (Å²) in [4.78, 5) is 11.0. The average molecular weight is 249 g/mol. The SMILES string of the molecule is C=Cc1c(C(=O)O)cnn1-c1ccc(Cl)cc1. The van der Waals surface area contributed by atoms with Crippen molar-refractivity contribution in [2.45, 2.75) is 0 Å². The molecule has 1 N–H and O–H groups in total. The summed E-state index contributed by atoms with van der Waals surface area (Å²) in [6, 6.07) is 6.94. The molecule has 0 saturated heterocycles. The monoisotopic (exact) mass is 248 g/mol. The lowest BCUT2D eigenvalue weighted by atomic mass is 10.2. The van der Waals surface area contributed by atoms with Gasteiger partial charge in [0.2, 0.25) is 0 Å². The lowest BCUT2D eigenvalue weighted by molar-refractivity contribution is 0.0696. The normalized spacial score (nSPS) is 10.2. The summed E-state index contributed by atoms with van der Waals surface area (Å²) in [6.07, 6.45) is 2.76. The zero-order valence-electron chi connectivity index (χ0n) is 8.80. The first kappa shape index (κ1) is 11.4. The van der Waals surface area contributed by atoms with E-state index in [0.717, 1.165) is 5.69 Å². The molecule has 0 aliphatic carbocycles. The third kappa shape index (κ3) is 2.07. The number of nitrogens with zero attached hydrogens (tertiary/aromatic N) is 2. The summed E-state index contributed by atoms with van der Waals surface area (Å²) in [5.74, 6) is -1.03. The summed E-state index contributed by atoms with van der Waals surface area (Å²) >= 11 is 5.78. The molecule has 0 unspecified atom stereocenters. The van der Waals surface area contributed by atoms with E-state index in [1.165, 1.54) is 17.0 Å². The van der Waals surface area contributed by atoms with E-state index in [2.05, 4.69) is 11.7 Å². The lowest BCUT2D eigenvalue weighted by Crippen LogP contribution is -2.02. The highest BCUT2D eigenvalue weighted by atomic mass is 35.5. The van der Waals surface area contributed by atoms with Crippen LogP contribution in [0, 0.1) is 0 Å². The Hall–Kier alpha value is -2.07. The molecule has 0 aliphatic heterocycles. The number of halogens is 1. The van der Waals surface area contributed by atoms with Gasteiger partial charge in [-0.15, -0.1) is 0 Å². The smallest absolute Gasteiger partial charge is 0.339 e. The van der Waals surface area contributed by atoms with Crippen LogP contribution < -0.4 is 0 Å². The number of hydrogen-bond donors (Lipinski definition) is 1. The van der Waals surface area contributed by atoms with Gasteiger partial charge < -0.3 is 5.11 Å². The van der Waals surface area contributed by atoms with Crippen LogP contribution in [0.3, 0.4) is 0 Å². The van der Waals surface area contributed by atoms with Crippen molar-refractivity contribution in [3.05, 3.63) is 53.3 Å². The van der Waals surface area contributed by atoms with Crippen molar-refractivity contribution in [2.24, 2.45) is 0 Å². The Labute approximate surface area is 103 Å². The van der Waals surface area contributed by atoms with Crippen LogP contribution in [-0.4, -0.2) is 20.9 Å². The van der Waals surface area contributed by atoms with E-state index in [-0.39, 0.29) is 5.56 Å². The Bertz CT molecular complexity index is 573. The molecule has 0 amide bonds. The molecule has 0 aliphatic rings. The van der Waals surface area contributed by atoms with Gasteiger partial charge in [0.1, 0.15) is 5.56 Å². The maximum absolute atomic E-state index is 11.0. The summed E-state index contributed by atoms with van der Waals surface area (Å²) in [5, 5.41) is 13.6. The fraction of sp³-hybridized carbons (Fsp3) is 0. The van der Waals surface area contributed by atoms with Gasteiger partial charge in [-0.05, 0) is 30.3 Å². The van der Waals surface area contributed by atoms with E-state index >= 15 is 0 Å². The average Bonchev–Trinajstić information content (AvgIpc) is 2.73. The van der Waals surface area contributed by atoms with Crippen molar-refractivity contribution >= 4 is 23.6 Å². The van der Waals surface area contributed by atoms with Gasteiger partial charge >= 0.3 is 5.97 Å². The number of hydrogen-bond acceptors (Lipinski definition) is 2. The molecular weight excluding hydrogens is 240 g/mol. The summed E-state index contributed by atoms with van der Waals surface area (Å²) in [6.45, 7) is 3.60. The molecule has 5 heteroatoms. The van der Waals surface area contributed by atoms with E-state index < -0.39 is 5.97 Å². The zero-order chi connectivity index (χ0) is 12.4. The molecule has 0 atom stereocenters. The fourth-order valence-electron chi connectivity index (χ4n) is 1.51. The predicted molar refractivity (Wildman–Crippen MR) is 65.6 cm³/mol. The van der Waals surface area contributed by atoms with Gasteiger partial charge in [-0.25, -0.2) is 9.48 Å². The predicted octanol–water partition coefficient (Wildman–Crippen LogP) is 2.87. The maximum atomic E-state index is 11.0. The number of carboxylic acids is 1. The lowest BCUT2D eigenvalue weighted by Gasteiger charge is -2.04. The Kier molecular flexibility index (Phi) is 2.97. The van der Waals surface area contributed by atoms with Crippen LogP contribution in [0.25, 0.3) is 11.8 Å². The van der Waals surface area contributed by atoms with Crippen molar-refractivity contribution in [1.82, 2.24) is 9.78 Å². The highest BCUT2D eigenvalue weighted by molar-refractivity contribution is 6.30. The van der Waals surface area contributed by atoms with Gasteiger partial charge in [-0.3, -0.25) is 0 Å². The van der Waals surface area contributed by atoms with E-state index in [0.29, 0.717) is 10.7 Å². The minimum absolute atomic E-state index is 0.120. The number of rotatable bonds is 3. The van der Waals surface area contributed by atoms with Crippen molar-refractivity contribution < 1.29 is 9.90 Å². The van der Waals surface area contributed by atoms with Crippen LogP contribution in [0.2, 0.25) is 5.02 Å². The molecule has 0 fully saturated rings. The summed E-state index contributed by atoms with van der Waals surface area (Å²) < 4.78 is 1.51. The highest BCUT2D eigenvalue weighted by Gasteiger charge is 2.14. The number of carboxylic acid groups (broad SMARTS) is 1. The van der Waals surface area contributed by atoms with Gasteiger partial charge in [0.15, 0.2) is 0 Å². The molecule has 0 spiro atoms. The van der Waals surface area contributed by atoms with Crippen LogP contribution in [0.4, 0.5) is 0 Å². The third-order valence-electron chi connectivity index (χ3n) is 2.30. The first-order chi connectivity index (χ1) is 8.13. The quantitative estimate of drug-likeness (QED) is 0.909. The molecule has 1 aromatic carbocycles. The summed E-state index contributed by atoms with van der Waals surface area (Å²) in [7, 11) is 0. The molecular formula is C12H9ClN2O2. The van der Waals surface area contributed by atoms with Gasteiger partial charge in [-0.2, -0.15) is 5.10 Å². The Morgan fingerprint density at radius 2 is 2.06 bits per heavy atom. The van der Waals surface area contributed by atoms with E-state index in [1.807, 2.05) is 0 Å². The van der Waals surface area contributed by atoms with E-state index in [1.54, 1.807) is 24.3 Å². The fourth-order valence-corrected chi connectivity index (χ4v) is 1.63. The Morgan fingerprint density at radius 3 is 2.59 bits per heavy atom. The molecule has 17 heavy (non-hydrogen) atoms. The minimum Gasteiger partial charge on any atom is -0.478 e. The van der Waals surface area contributed by atoms with Crippen molar-refractivity contribution in [1.29, 1.82) is 0 Å². The van der Waals surface area contributed by atoms with Crippen molar-refractivity contribution in [3.63, 3.8) is 0 Å². The van der Waals surface area contributed by atoms with Gasteiger partial charge in [0.05, 0.1) is 17.6 Å². The van der Waals surface area contributed by atoms with Crippen molar-refractivity contribution in [2.75, 3.05) is 0 Å². The third-order valence-corrected chi connectivity index (χ3v) is 2.55. The molecule has 2 rings (SSSR count). The second-order valence-electron chi connectivity index (χ2n) is 3.34. The summed E-state index contributed by atoms with van der Waals surface area (Å²) in [5.41, 5.74) is 1.30. The van der Waals surface area contributed by atoms with E-state index in [4.69, 9.17) is 16.7 Å². The molecule has 0 saturated carbocycles. The van der Waals surface area contributed by atoms with Crippen LogP contribution in [0.1, 0.15) is 16.1 Å². The first-order valence-electron chi connectivity index (χ1n) is 4.83. The standard InChI is InChI=1S/C12H9ClN2O2/c1-2-11-10(12(16)17)7-14-15(11)9-5-3-8(13)4-6-9/h2-7H,1H2,(H,16,17). The molecule has 0 radical (unpaired) electrons. The van der Waals surface area contributed by atoms with E-state index in [9.17, 15) is 4.79 Å². The zero-order valence-corrected chi connectivity index (χ0v) is 9.55. The number of aromatic nitrogens is 2. The highest BCUT2D eigenvalue weighted by Crippen LogP contribution is 2.18. The Morgan fingerprint density at radius 1 is 1.41 bits per heavy atom. The topological polar surface area (TPSA) is 55.1 Å². The van der Waals surface area contributed by atoms with Crippen LogP contribution in [-0.2, 0) is 0 Å². The second kappa shape index (κ2) is 4.43. The van der Waals surface area contributed by atoms with Gasteiger partial charge in [0, 0.05) is 5.02 Å². The van der Waals surface area contributed by atoms with Crippen LogP contribution in [0.15, 0.2) is 37.0 Å².